The van der Waals surface area contributed by atoms with Crippen molar-refractivity contribution in [1.29, 1.82) is 0 Å². The number of nitrogens with one attached hydrogen (secondary N) is 1. The van der Waals surface area contributed by atoms with Crippen LogP contribution < -0.4 is 16.4 Å². The number of rotatable bonds is 3. The van der Waals surface area contributed by atoms with Gasteiger partial charge in [-0.05, 0) is 47.2 Å². The molecule has 0 aliphatic carbocycles. The average molecular weight is 359 g/mol. The quantitative estimate of drug-likeness (QED) is 0.295. The van der Waals surface area contributed by atoms with Crippen LogP contribution in [0, 0.1) is 0 Å². The van der Waals surface area contributed by atoms with Gasteiger partial charge in [0.25, 0.3) is 5.91 Å². The Bertz CT molecular complexity index is 1210. The maximum Gasteiger partial charge on any atom is 0.488 e. The van der Waals surface area contributed by atoms with E-state index in [1.807, 2.05) is 12.1 Å². The van der Waals surface area contributed by atoms with Crippen LogP contribution in [-0.4, -0.2) is 23.1 Å². The summed E-state index contributed by atoms with van der Waals surface area (Å²) in [6, 6.07) is 18.2. The van der Waals surface area contributed by atoms with Gasteiger partial charge in [0.15, 0.2) is 0 Å². The van der Waals surface area contributed by atoms with Crippen LogP contribution in [-0.2, 0) is 0 Å². The molecule has 0 atom stereocenters. The zero-order valence-electron chi connectivity index (χ0n) is 14.0. The highest BCUT2D eigenvalue weighted by Crippen LogP contribution is 2.25. The van der Waals surface area contributed by atoms with Crippen molar-refractivity contribution in [2.45, 2.75) is 0 Å². The lowest BCUT2D eigenvalue weighted by atomic mass is 9.80. The zero-order chi connectivity index (χ0) is 19.0. The lowest BCUT2D eigenvalue weighted by Gasteiger charge is -2.08. The third-order valence-corrected chi connectivity index (χ3v) is 4.35. The molecule has 4 rings (SSSR count). The fourth-order valence-corrected chi connectivity index (χ4v) is 2.97. The molecule has 0 saturated carbocycles. The molecule has 0 spiro atoms. The van der Waals surface area contributed by atoms with E-state index in [0.29, 0.717) is 27.7 Å². The minimum atomic E-state index is -1.58. The maximum absolute atomic E-state index is 12.4. The van der Waals surface area contributed by atoms with Crippen molar-refractivity contribution in [1.82, 2.24) is 0 Å². The molecular weight excluding hydrogens is 345 g/mol. The summed E-state index contributed by atoms with van der Waals surface area (Å²) in [7, 11) is -1.58. The number of carbonyl (C=O) groups is 1. The van der Waals surface area contributed by atoms with Crippen LogP contribution in [0.3, 0.4) is 0 Å². The summed E-state index contributed by atoms with van der Waals surface area (Å²) in [4.78, 5) is 24.5. The van der Waals surface area contributed by atoms with Crippen molar-refractivity contribution < 1.29 is 19.3 Å². The van der Waals surface area contributed by atoms with Crippen LogP contribution >= 0.6 is 0 Å². The van der Waals surface area contributed by atoms with Crippen molar-refractivity contribution in [3.63, 3.8) is 0 Å². The summed E-state index contributed by atoms with van der Waals surface area (Å²) >= 11 is 0. The van der Waals surface area contributed by atoms with Crippen LogP contribution in [0.2, 0.25) is 0 Å². The second kappa shape index (κ2) is 6.72. The van der Waals surface area contributed by atoms with Crippen LogP contribution in [0.25, 0.3) is 21.7 Å². The largest absolute Gasteiger partial charge is 0.488 e. The first-order valence-electron chi connectivity index (χ1n) is 8.26. The first kappa shape index (κ1) is 17.0. The lowest BCUT2D eigenvalue weighted by Crippen LogP contribution is -2.29. The Morgan fingerprint density at radius 1 is 0.889 bits per heavy atom. The van der Waals surface area contributed by atoms with Crippen LogP contribution in [0.4, 0.5) is 5.69 Å². The Kier molecular flexibility index (Phi) is 4.23. The number of hydrogen-bond donors (Lipinski definition) is 3. The fourth-order valence-electron chi connectivity index (χ4n) is 2.97. The Labute approximate surface area is 153 Å². The molecule has 6 nitrogen and oxygen atoms in total. The second-order valence-electron chi connectivity index (χ2n) is 6.10. The summed E-state index contributed by atoms with van der Waals surface area (Å²) in [5.74, 6) is -0.338. The third kappa shape index (κ3) is 3.21. The van der Waals surface area contributed by atoms with Gasteiger partial charge in [-0.3, -0.25) is 4.79 Å². The summed E-state index contributed by atoms with van der Waals surface area (Å²) in [6.45, 7) is 0. The van der Waals surface area contributed by atoms with Gasteiger partial charge >= 0.3 is 12.7 Å². The molecule has 0 aliphatic rings. The van der Waals surface area contributed by atoms with E-state index in [9.17, 15) is 9.59 Å². The van der Waals surface area contributed by atoms with Gasteiger partial charge in [0.2, 0.25) is 0 Å². The highest BCUT2D eigenvalue weighted by molar-refractivity contribution is 6.58. The van der Waals surface area contributed by atoms with Gasteiger partial charge < -0.3 is 19.8 Å². The smallest absolute Gasteiger partial charge is 0.423 e. The van der Waals surface area contributed by atoms with Crippen LogP contribution in [0.1, 0.15) is 10.4 Å². The molecule has 132 valence electrons. The van der Waals surface area contributed by atoms with Gasteiger partial charge in [0.1, 0.15) is 5.58 Å². The molecule has 0 unspecified atom stereocenters. The number of hydrogen-bond acceptors (Lipinski definition) is 5. The number of benzene rings is 3. The highest BCUT2D eigenvalue weighted by atomic mass is 16.4. The molecule has 1 aromatic heterocycles. The van der Waals surface area contributed by atoms with Crippen molar-refractivity contribution in [2.75, 3.05) is 5.32 Å². The average Bonchev–Trinajstić information content (AvgIpc) is 2.69. The van der Waals surface area contributed by atoms with E-state index >= 15 is 0 Å². The molecule has 0 saturated heterocycles. The van der Waals surface area contributed by atoms with Crippen LogP contribution in [0.15, 0.2) is 75.9 Å². The Hall–Kier alpha value is -3.42. The Morgan fingerprint density at radius 2 is 1.59 bits per heavy atom. The number of amides is 1. The minimum Gasteiger partial charge on any atom is -0.423 e. The first-order chi connectivity index (χ1) is 13.0. The standard InChI is InChI=1S/C20H14BNO5/c23-19(12-5-7-13(8-6-12)21(25)26)22-14-9-10-18-17(11-14)15-3-1-2-4-16(15)20(24)27-18/h1-11,25-26H,(H,22,23). The first-order valence-corrected chi connectivity index (χ1v) is 8.26. The number of anilines is 1. The van der Waals surface area contributed by atoms with Crippen molar-refractivity contribution in [2.24, 2.45) is 0 Å². The van der Waals surface area contributed by atoms with Crippen molar-refractivity contribution in [3.8, 4) is 0 Å². The van der Waals surface area contributed by atoms with Gasteiger partial charge in [0, 0.05) is 16.6 Å². The van der Waals surface area contributed by atoms with Gasteiger partial charge in [-0.1, -0.05) is 30.3 Å². The van der Waals surface area contributed by atoms with Gasteiger partial charge in [-0.15, -0.1) is 0 Å². The summed E-state index contributed by atoms with van der Waals surface area (Å²) in [5, 5.41) is 23.0. The van der Waals surface area contributed by atoms with Crippen molar-refractivity contribution >= 4 is 45.9 Å². The monoisotopic (exact) mass is 359 g/mol. The Morgan fingerprint density at radius 3 is 2.30 bits per heavy atom. The predicted octanol–water partition coefficient (Wildman–Crippen LogP) is 1.88. The van der Waals surface area contributed by atoms with Crippen molar-refractivity contribution in [3.05, 3.63) is 82.7 Å². The molecule has 0 radical (unpaired) electrons. The van der Waals surface area contributed by atoms with Gasteiger partial charge in [-0.25, -0.2) is 4.79 Å². The molecule has 4 aromatic rings. The van der Waals surface area contributed by atoms with E-state index in [1.165, 1.54) is 24.3 Å². The van der Waals surface area contributed by atoms with E-state index in [4.69, 9.17) is 14.5 Å². The number of fused-ring (bicyclic) bond motifs is 3. The topological polar surface area (TPSA) is 99.8 Å². The molecule has 1 heterocycles. The Balaban J connectivity index is 1.70. The zero-order valence-corrected chi connectivity index (χ0v) is 14.0. The molecule has 0 bridgehead atoms. The molecule has 0 fully saturated rings. The van der Waals surface area contributed by atoms with E-state index in [0.717, 1.165) is 10.8 Å². The van der Waals surface area contributed by atoms with E-state index in [1.54, 1.807) is 30.3 Å². The molecule has 0 aliphatic heterocycles. The molecule has 3 N–H and O–H groups in total. The summed E-state index contributed by atoms with van der Waals surface area (Å²) in [6.07, 6.45) is 0. The highest BCUT2D eigenvalue weighted by Gasteiger charge is 2.13. The third-order valence-electron chi connectivity index (χ3n) is 4.35. The van der Waals surface area contributed by atoms with E-state index in [-0.39, 0.29) is 5.91 Å². The SMILES string of the molecule is O=C(Nc1ccc2oc(=O)c3ccccc3c2c1)c1ccc(B(O)O)cc1. The van der Waals surface area contributed by atoms with E-state index < -0.39 is 12.7 Å². The predicted molar refractivity (Wildman–Crippen MR) is 104 cm³/mol. The molecule has 7 heteroatoms. The fraction of sp³-hybridized carbons (Fsp3) is 0. The van der Waals surface area contributed by atoms with Gasteiger partial charge in [-0.2, -0.15) is 0 Å². The molecular formula is C20H14BNO5. The molecule has 1 amide bonds. The minimum absolute atomic E-state index is 0.304. The summed E-state index contributed by atoms with van der Waals surface area (Å²) < 4.78 is 5.34. The normalized spacial score (nSPS) is 10.9. The van der Waals surface area contributed by atoms with Crippen LogP contribution in [0.5, 0.6) is 0 Å². The molecule has 27 heavy (non-hydrogen) atoms. The number of carbonyl (C=O) groups excluding carboxylic acids is 1. The lowest BCUT2D eigenvalue weighted by molar-refractivity contribution is 0.102. The van der Waals surface area contributed by atoms with E-state index in [2.05, 4.69) is 5.32 Å². The van der Waals surface area contributed by atoms with Gasteiger partial charge in [0.05, 0.1) is 5.39 Å². The summed E-state index contributed by atoms with van der Waals surface area (Å²) in [5.41, 5.74) is 1.28. The second-order valence-corrected chi connectivity index (χ2v) is 6.10. The maximum atomic E-state index is 12.4. The molecule has 3 aromatic carbocycles.